The number of carbonyl (C=O) groups excluding carboxylic acids is 1. The van der Waals surface area contributed by atoms with E-state index in [0.29, 0.717) is 22.5 Å². The van der Waals surface area contributed by atoms with Gasteiger partial charge in [-0.1, -0.05) is 0 Å². The molecule has 1 aromatic rings. The Morgan fingerprint density at radius 1 is 1.53 bits per heavy atom. The van der Waals surface area contributed by atoms with Crippen LogP contribution >= 0.6 is 15.9 Å². The van der Waals surface area contributed by atoms with Gasteiger partial charge >= 0.3 is 0 Å². The van der Waals surface area contributed by atoms with Crippen molar-refractivity contribution in [2.45, 2.75) is 19.3 Å². The molecular weight excluding hydrogens is 308 g/mol. The van der Waals surface area contributed by atoms with E-state index in [0.717, 1.165) is 32.4 Å². The molecule has 1 saturated heterocycles. The van der Waals surface area contributed by atoms with Crippen LogP contribution in [0.25, 0.3) is 0 Å². The summed E-state index contributed by atoms with van der Waals surface area (Å²) in [5, 5.41) is 9.65. The molecule has 0 bridgehead atoms. The molecule has 1 fully saturated rings. The van der Waals surface area contributed by atoms with Crippen molar-refractivity contribution in [3.63, 3.8) is 0 Å². The molecule has 104 valence electrons. The van der Waals surface area contributed by atoms with Crippen molar-refractivity contribution in [2.24, 2.45) is 11.7 Å². The fourth-order valence-electron chi connectivity index (χ4n) is 2.55. The first-order valence-electron chi connectivity index (χ1n) is 6.59. The number of phenolic OH excluding ortho intramolecular Hbond substituents is 1. The maximum atomic E-state index is 12.4. The van der Waals surface area contributed by atoms with Gasteiger partial charge in [0.25, 0.3) is 5.91 Å². The molecule has 2 rings (SSSR count). The fraction of sp³-hybridized carbons (Fsp3) is 0.500. The number of nitrogens with zero attached hydrogens (tertiary/aromatic N) is 1. The number of rotatable bonds is 3. The zero-order valence-corrected chi connectivity index (χ0v) is 12.4. The van der Waals surface area contributed by atoms with E-state index >= 15 is 0 Å². The van der Waals surface area contributed by atoms with Crippen LogP contribution in [0.2, 0.25) is 0 Å². The molecular formula is C14H19BrN2O2. The lowest BCUT2D eigenvalue weighted by Crippen LogP contribution is -2.40. The molecule has 0 aliphatic carbocycles. The highest BCUT2D eigenvalue weighted by Crippen LogP contribution is 2.26. The first-order valence-corrected chi connectivity index (χ1v) is 7.39. The average molecular weight is 327 g/mol. The lowest BCUT2D eigenvalue weighted by Gasteiger charge is -2.32. The Hall–Kier alpha value is -1.07. The SMILES string of the molecule is NCCC1CCCN(C(=O)c2ccc(Br)c(O)c2)C1. The van der Waals surface area contributed by atoms with Crippen LogP contribution in [-0.4, -0.2) is 35.5 Å². The zero-order chi connectivity index (χ0) is 13.8. The second kappa shape index (κ2) is 6.39. The average Bonchev–Trinajstić information content (AvgIpc) is 2.42. The Morgan fingerprint density at radius 2 is 2.32 bits per heavy atom. The van der Waals surface area contributed by atoms with Gasteiger partial charge in [0.1, 0.15) is 5.75 Å². The number of hydrogen-bond acceptors (Lipinski definition) is 3. The van der Waals surface area contributed by atoms with Crippen molar-refractivity contribution in [2.75, 3.05) is 19.6 Å². The summed E-state index contributed by atoms with van der Waals surface area (Å²) in [6.07, 6.45) is 3.14. The van der Waals surface area contributed by atoms with Crippen LogP contribution in [0.4, 0.5) is 0 Å². The van der Waals surface area contributed by atoms with Crippen molar-refractivity contribution < 1.29 is 9.90 Å². The third kappa shape index (κ3) is 3.48. The number of aromatic hydroxyl groups is 1. The first kappa shape index (κ1) is 14.3. The van der Waals surface area contributed by atoms with Crippen LogP contribution in [0.5, 0.6) is 5.75 Å². The lowest BCUT2D eigenvalue weighted by molar-refractivity contribution is 0.0669. The summed E-state index contributed by atoms with van der Waals surface area (Å²) in [5.41, 5.74) is 6.12. The molecule has 4 nitrogen and oxygen atoms in total. The smallest absolute Gasteiger partial charge is 0.253 e. The van der Waals surface area contributed by atoms with Crippen molar-refractivity contribution in [3.8, 4) is 5.75 Å². The molecule has 19 heavy (non-hydrogen) atoms. The zero-order valence-electron chi connectivity index (χ0n) is 10.8. The normalized spacial score (nSPS) is 19.5. The van der Waals surface area contributed by atoms with E-state index < -0.39 is 0 Å². The van der Waals surface area contributed by atoms with E-state index in [2.05, 4.69) is 15.9 Å². The summed E-state index contributed by atoms with van der Waals surface area (Å²) in [6.45, 7) is 2.23. The summed E-state index contributed by atoms with van der Waals surface area (Å²) < 4.78 is 0.601. The standard InChI is InChI=1S/C14H19BrN2O2/c15-12-4-3-11(8-13(12)18)14(19)17-7-1-2-10(9-17)5-6-16/h3-4,8,10,18H,1-2,5-7,9,16H2. The van der Waals surface area contributed by atoms with Gasteiger partial charge in [0, 0.05) is 18.7 Å². The first-order chi connectivity index (χ1) is 9.11. The molecule has 0 saturated carbocycles. The number of phenols is 1. The summed E-state index contributed by atoms with van der Waals surface area (Å²) >= 11 is 3.22. The summed E-state index contributed by atoms with van der Waals surface area (Å²) in [4.78, 5) is 14.2. The monoisotopic (exact) mass is 326 g/mol. The van der Waals surface area contributed by atoms with Crippen molar-refractivity contribution >= 4 is 21.8 Å². The van der Waals surface area contributed by atoms with Crippen LogP contribution in [0.3, 0.4) is 0 Å². The topological polar surface area (TPSA) is 66.6 Å². The highest BCUT2D eigenvalue weighted by Gasteiger charge is 2.24. The molecule has 0 aromatic heterocycles. The number of amides is 1. The number of piperidine rings is 1. The maximum absolute atomic E-state index is 12.4. The molecule has 3 N–H and O–H groups in total. The predicted molar refractivity (Wildman–Crippen MR) is 78.1 cm³/mol. The molecule has 1 aliphatic rings. The van der Waals surface area contributed by atoms with Gasteiger partial charge in [0.05, 0.1) is 4.47 Å². The maximum Gasteiger partial charge on any atom is 0.253 e. The molecule has 1 amide bonds. The second-order valence-electron chi connectivity index (χ2n) is 5.00. The number of benzene rings is 1. The van der Waals surface area contributed by atoms with E-state index in [4.69, 9.17) is 5.73 Å². The third-order valence-corrected chi connectivity index (χ3v) is 4.24. The van der Waals surface area contributed by atoms with Crippen LogP contribution in [0.15, 0.2) is 22.7 Å². The Bertz CT molecular complexity index is 463. The lowest BCUT2D eigenvalue weighted by atomic mass is 9.94. The molecule has 1 unspecified atom stereocenters. The van der Waals surface area contributed by atoms with Crippen molar-refractivity contribution in [3.05, 3.63) is 28.2 Å². The minimum absolute atomic E-state index is 0.00970. The Labute approximate surface area is 121 Å². The molecule has 1 aromatic carbocycles. The number of carbonyl (C=O) groups is 1. The van der Waals surface area contributed by atoms with Gasteiger partial charge in [0.15, 0.2) is 0 Å². The van der Waals surface area contributed by atoms with Gasteiger partial charge in [-0.3, -0.25) is 4.79 Å². The quantitative estimate of drug-likeness (QED) is 0.896. The van der Waals surface area contributed by atoms with E-state index in [9.17, 15) is 9.90 Å². The van der Waals surface area contributed by atoms with Crippen molar-refractivity contribution in [1.82, 2.24) is 4.90 Å². The predicted octanol–water partition coefficient (Wildman–Crippen LogP) is 2.36. The molecule has 1 atom stereocenters. The van der Waals surface area contributed by atoms with Gasteiger partial charge in [-0.05, 0) is 65.9 Å². The van der Waals surface area contributed by atoms with Gasteiger partial charge < -0.3 is 15.7 Å². The summed E-state index contributed by atoms with van der Waals surface area (Å²) in [6, 6.07) is 4.95. The van der Waals surface area contributed by atoms with E-state index in [1.807, 2.05) is 4.90 Å². The molecule has 0 spiro atoms. The highest BCUT2D eigenvalue weighted by atomic mass is 79.9. The molecule has 1 aliphatic heterocycles. The molecule has 0 radical (unpaired) electrons. The number of hydrogen-bond donors (Lipinski definition) is 2. The van der Waals surface area contributed by atoms with E-state index in [1.165, 1.54) is 6.07 Å². The number of likely N-dealkylation sites (tertiary alicyclic amines) is 1. The molecule has 1 heterocycles. The Kier molecular flexibility index (Phi) is 4.82. The van der Waals surface area contributed by atoms with E-state index in [-0.39, 0.29) is 11.7 Å². The van der Waals surface area contributed by atoms with Gasteiger partial charge in [-0.2, -0.15) is 0 Å². The highest BCUT2D eigenvalue weighted by molar-refractivity contribution is 9.10. The largest absolute Gasteiger partial charge is 0.507 e. The van der Waals surface area contributed by atoms with E-state index in [1.54, 1.807) is 12.1 Å². The summed E-state index contributed by atoms with van der Waals surface area (Å²) in [5.74, 6) is 0.595. The fourth-order valence-corrected chi connectivity index (χ4v) is 2.80. The summed E-state index contributed by atoms with van der Waals surface area (Å²) in [7, 11) is 0. The minimum Gasteiger partial charge on any atom is -0.507 e. The van der Waals surface area contributed by atoms with Crippen LogP contribution < -0.4 is 5.73 Å². The van der Waals surface area contributed by atoms with Crippen LogP contribution in [0, 0.1) is 5.92 Å². The van der Waals surface area contributed by atoms with Crippen LogP contribution in [0.1, 0.15) is 29.6 Å². The third-order valence-electron chi connectivity index (χ3n) is 3.57. The minimum atomic E-state index is -0.00970. The Morgan fingerprint density at radius 3 is 3.00 bits per heavy atom. The second-order valence-corrected chi connectivity index (χ2v) is 5.86. The number of nitrogens with two attached hydrogens (primary N) is 1. The van der Waals surface area contributed by atoms with Crippen LogP contribution in [-0.2, 0) is 0 Å². The molecule has 5 heteroatoms. The van der Waals surface area contributed by atoms with Gasteiger partial charge in [0.2, 0.25) is 0 Å². The number of halogens is 1. The Balaban J connectivity index is 2.08. The van der Waals surface area contributed by atoms with Gasteiger partial charge in [-0.25, -0.2) is 0 Å². The van der Waals surface area contributed by atoms with Gasteiger partial charge in [-0.15, -0.1) is 0 Å². The van der Waals surface area contributed by atoms with Crippen molar-refractivity contribution in [1.29, 1.82) is 0 Å².